The van der Waals surface area contributed by atoms with Crippen LogP contribution in [0, 0.1) is 52.3 Å². The molecule has 2 amide bonds. The average molecular weight is 601 g/mol. The Morgan fingerprint density at radius 3 is 2.29 bits per heavy atom. The van der Waals surface area contributed by atoms with E-state index in [0.29, 0.717) is 53.4 Å². The van der Waals surface area contributed by atoms with Gasteiger partial charge in [0.05, 0.1) is 11.4 Å². The Kier molecular flexibility index (Phi) is 8.84. The van der Waals surface area contributed by atoms with Crippen LogP contribution in [0.15, 0.2) is 0 Å². The number of carbonyl (C=O) groups excluding carboxylic acids is 1. The number of aliphatic hydroxyl groups is 1. The molecule has 10 atom stereocenters. The Balaban J connectivity index is 1.18. The van der Waals surface area contributed by atoms with Gasteiger partial charge in [-0.05, 0) is 110 Å². The number of aliphatic hydroxyl groups excluding tert-OH is 1. The average Bonchev–Trinajstić information content (AvgIpc) is 3.25. The van der Waals surface area contributed by atoms with Crippen molar-refractivity contribution in [2.24, 2.45) is 52.3 Å². The minimum Gasteiger partial charge on any atom is -0.393 e. The van der Waals surface area contributed by atoms with Crippen LogP contribution in [-0.2, 0) is 10.0 Å². The van der Waals surface area contributed by atoms with E-state index in [1.165, 1.54) is 38.5 Å². The van der Waals surface area contributed by atoms with Crippen LogP contribution in [0.5, 0.6) is 0 Å². The molecule has 236 valence electrons. The second-order valence-corrected chi connectivity index (χ2v) is 17.1. The molecule has 0 saturated heterocycles. The number of fused-ring (bicyclic) bond motifs is 5. The van der Waals surface area contributed by atoms with Crippen molar-refractivity contribution in [2.75, 3.05) is 6.54 Å². The molecular formula is C32H54F2N2O4S. The summed E-state index contributed by atoms with van der Waals surface area (Å²) >= 11 is 0. The number of urea groups is 1. The highest BCUT2D eigenvalue weighted by molar-refractivity contribution is 7.90. The molecule has 5 aliphatic carbocycles. The van der Waals surface area contributed by atoms with E-state index in [2.05, 4.69) is 37.7 Å². The highest BCUT2D eigenvalue weighted by atomic mass is 32.2. The van der Waals surface area contributed by atoms with Gasteiger partial charge in [0.2, 0.25) is 15.9 Å². The van der Waals surface area contributed by atoms with Gasteiger partial charge in [0, 0.05) is 19.4 Å². The largest absolute Gasteiger partial charge is 0.393 e. The number of carbonyl (C=O) groups is 1. The molecule has 0 spiro atoms. The maximum atomic E-state index is 13.4. The van der Waals surface area contributed by atoms with Gasteiger partial charge in [0.1, 0.15) is 0 Å². The van der Waals surface area contributed by atoms with E-state index in [4.69, 9.17) is 0 Å². The molecule has 3 N–H and O–H groups in total. The molecule has 0 radical (unpaired) electrons. The fraction of sp³-hybridized carbons (Fsp3) is 0.969. The van der Waals surface area contributed by atoms with E-state index in [-0.39, 0.29) is 24.4 Å². The van der Waals surface area contributed by atoms with Gasteiger partial charge in [-0.1, -0.05) is 47.0 Å². The first-order valence-corrected chi connectivity index (χ1v) is 18.1. The van der Waals surface area contributed by atoms with Crippen molar-refractivity contribution in [3.05, 3.63) is 0 Å². The summed E-state index contributed by atoms with van der Waals surface area (Å²) in [5, 5.41) is 13.6. The monoisotopic (exact) mass is 600 g/mol. The molecule has 0 aromatic carbocycles. The minimum absolute atomic E-state index is 0.135. The van der Waals surface area contributed by atoms with Crippen molar-refractivity contribution >= 4 is 16.1 Å². The van der Waals surface area contributed by atoms with Crippen molar-refractivity contribution in [3.8, 4) is 0 Å². The first-order chi connectivity index (χ1) is 19.2. The highest BCUT2D eigenvalue weighted by Crippen LogP contribution is 2.69. The van der Waals surface area contributed by atoms with Crippen molar-refractivity contribution in [2.45, 2.75) is 135 Å². The molecule has 0 aromatic rings. The Hall–Kier alpha value is -0.960. The van der Waals surface area contributed by atoms with Gasteiger partial charge in [0.15, 0.2) is 0 Å². The van der Waals surface area contributed by atoms with Crippen molar-refractivity contribution < 1.29 is 27.1 Å². The van der Waals surface area contributed by atoms with Crippen molar-refractivity contribution in [1.29, 1.82) is 0 Å². The number of rotatable bonds is 7. The third-order valence-corrected chi connectivity index (χ3v) is 15.1. The quantitative estimate of drug-likeness (QED) is 0.297. The van der Waals surface area contributed by atoms with Crippen LogP contribution in [-0.4, -0.2) is 43.4 Å². The van der Waals surface area contributed by atoms with E-state index in [1.807, 2.05) is 0 Å². The molecule has 5 fully saturated rings. The summed E-state index contributed by atoms with van der Waals surface area (Å²) in [6.45, 7) is 9.92. The van der Waals surface area contributed by atoms with Crippen LogP contribution >= 0.6 is 0 Å². The number of amides is 2. The molecule has 5 aliphatic rings. The Morgan fingerprint density at radius 1 is 0.927 bits per heavy atom. The third kappa shape index (κ3) is 5.69. The molecule has 0 bridgehead atoms. The lowest BCUT2D eigenvalue weighted by molar-refractivity contribution is -0.194. The summed E-state index contributed by atoms with van der Waals surface area (Å²) in [6, 6.07) is -0.767. The van der Waals surface area contributed by atoms with Gasteiger partial charge in [-0.2, -0.15) is 0 Å². The minimum atomic E-state index is -3.98. The lowest BCUT2D eigenvalue weighted by atomic mass is 9.41. The number of hydrogen-bond donors (Lipinski definition) is 3. The van der Waals surface area contributed by atoms with Crippen molar-refractivity contribution in [1.82, 2.24) is 10.0 Å². The lowest BCUT2D eigenvalue weighted by Gasteiger charge is -2.64. The molecule has 5 saturated carbocycles. The molecule has 41 heavy (non-hydrogen) atoms. The number of halogens is 2. The van der Waals surface area contributed by atoms with Gasteiger partial charge in [0.25, 0.3) is 0 Å². The van der Waals surface area contributed by atoms with Crippen LogP contribution in [0.25, 0.3) is 0 Å². The zero-order chi connectivity index (χ0) is 29.8. The molecule has 0 heterocycles. The first-order valence-electron chi connectivity index (χ1n) is 16.6. The second-order valence-electron chi connectivity index (χ2n) is 15.2. The molecule has 6 nitrogen and oxygen atoms in total. The Labute approximate surface area is 246 Å². The summed E-state index contributed by atoms with van der Waals surface area (Å²) in [5.41, 5.74) is 0.524. The maximum Gasteiger partial charge on any atom is 0.328 e. The molecule has 9 heteroatoms. The van der Waals surface area contributed by atoms with E-state index < -0.39 is 40.1 Å². The van der Waals surface area contributed by atoms with Crippen LogP contribution in [0.2, 0.25) is 0 Å². The zero-order valence-electron chi connectivity index (χ0n) is 25.6. The van der Waals surface area contributed by atoms with Gasteiger partial charge >= 0.3 is 6.03 Å². The first kappa shape index (κ1) is 31.5. The molecular weight excluding hydrogens is 546 g/mol. The van der Waals surface area contributed by atoms with Gasteiger partial charge < -0.3 is 10.4 Å². The summed E-state index contributed by atoms with van der Waals surface area (Å²) < 4.78 is 54.1. The van der Waals surface area contributed by atoms with E-state index in [1.54, 1.807) is 0 Å². The molecule has 5 rings (SSSR count). The van der Waals surface area contributed by atoms with E-state index in [0.717, 1.165) is 25.7 Å². The van der Waals surface area contributed by atoms with Gasteiger partial charge in [-0.15, -0.1) is 0 Å². The normalized spacial score (nSPS) is 43.3. The topological polar surface area (TPSA) is 95.5 Å². The van der Waals surface area contributed by atoms with Crippen molar-refractivity contribution in [3.63, 3.8) is 0 Å². The number of nitrogens with one attached hydrogen (secondary N) is 2. The number of hydrogen-bond acceptors (Lipinski definition) is 4. The molecule has 0 aromatic heterocycles. The standard InChI is InChI=1S/C32H54F2N2O4S/c1-5-22-24-8-6-7-15-30(24,3)26-13-16-31(4)23(9-10-25(31)27(26)28(22)37)20(2)14-19-35-29(38)36-41(39,40)21-11-17-32(33,34)18-12-21/h20-28,37H,5-19H2,1-4H3,(H2,35,36,38)/t20-,22-,23?,24+,25+,26+,27+,28-,30+,31-/m1/s1. The maximum absolute atomic E-state index is 13.4. The third-order valence-electron chi connectivity index (χ3n) is 13.3. The van der Waals surface area contributed by atoms with Crippen LogP contribution in [0.1, 0.15) is 118 Å². The zero-order valence-corrected chi connectivity index (χ0v) is 26.5. The van der Waals surface area contributed by atoms with Crippen LogP contribution < -0.4 is 10.0 Å². The SMILES string of the molecule is CC[C@H]1[C@@H](O)[C@@H]2[C@H](CC[C@]3(C)C([C@H](C)CCNC(=O)NS(=O)(=O)C4CCC(F)(F)CC4)CC[C@@H]23)[C@@]2(C)CCCC[C@@H]12. The van der Waals surface area contributed by atoms with Crippen LogP contribution in [0.4, 0.5) is 13.6 Å². The highest BCUT2D eigenvalue weighted by Gasteiger charge is 2.64. The molecule has 1 unspecified atom stereocenters. The predicted octanol–water partition coefficient (Wildman–Crippen LogP) is 6.88. The Morgan fingerprint density at radius 2 is 1.61 bits per heavy atom. The second kappa shape index (κ2) is 11.5. The fourth-order valence-electron chi connectivity index (χ4n) is 11.2. The summed E-state index contributed by atoms with van der Waals surface area (Å²) in [6.07, 6.45) is 10.3. The van der Waals surface area contributed by atoms with Crippen LogP contribution in [0.3, 0.4) is 0 Å². The van der Waals surface area contributed by atoms with Gasteiger partial charge in [-0.25, -0.2) is 26.7 Å². The summed E-state index contributed by atoms with van der Waals surface area (Å²) in [4.78, 5) is 12.4. The molecule has 0 aliphatic heterocycles. The van der Waals surface area contributed by atoms with Gasteiger partial charge in [-0.3, -0.25) is 0 Å². The fourth-order valence-corrected chi connectivity index (χ4v) is 12.6. The van der Waals surface area contributed by atoms with E-state index >= 15 is 0 Å². The smallest absolute Gasteiger partial charge is 0.328 e. The number of sulfonamides is 1. The Bertz CT molecular complexity index is 1060. The lowest BCUT2D eigenvalue weighted by Crippen LogP contribution is -2.61. The summed E-state index contributed by atoms with van der Waals surface area (Å²) in [7, 11) is -3.98. The van der Waals surface area contributed by atoms with E-state index in [9.17, 15) is 27.1 Å². The number of alkyl halides is 2. The summed E-state index contributed by atoms with van der Waals surface area (Å²) in [5.74, 6) is 0.631. The predicted molar refractivity (Wildman–Crippen MR) is 157 cm³/mol.